The Morgan fingerprint density at radius 2 is 1.88 bits per heavy atom. The van der Waals surface area contributed by atoms with Gasteiger partial charge in [-0.05, 0) is 56.0 Å². The highest BCUT2D eigenvalue weighted by molar-refractivity contribution is 6.14. The summed E-state index contributed by atoms with van der Waals surface area (Å²) in [5.41, 5.74) is 9.78. The van der Waals surface area contributed by atoms with Crippen LogP contribution in [0.1, 0.15) is 44.2 Å². The number of aliphatic hydroxyl groups excluding tert-OH is 1. The molecule has 0 radical (unpaired) electrons. The smallest absolute Gasteiger partial charge is 0.404 e. The number of nitrogens with one attached hydrogen (secondary N) is 1. The lowest BCUT2D eigenvalue weighted by atomic mass is 9.98. The van der Waals surface area contributed by atoms with Gasteiger partial charge in [-0.25, -0.2) is 19.6 Å². The first-order chi connectivity index (χ1) is 20.6. The van der Waals surface area contributed by atoms with Gasteiger partial charge in [0.1, 0.15) is 18.0 Å². The number of aliphatic hydroxyl groups is 1. The highest BCUT2D eigenvalue weighted by Gasteiger charge is 2.28. The van der Waals surface area contributed by atoms with Gasteiger partial charge in [0.05, 0.1) is 47.1 Å². The van der Waals surface area contributed by atoms with E-state index < -0.39 is 18.1 Å². The largest absolute Gasteiger partial charge is 0.491 e. The standard InChI is InChI=1S/C29H30FN5O3.C2H5NO2/c1-16-12-21(27(30)31-13-16)25-23(18-8-10-20(11-9-18)38-15-17(2)36)24-26-22(14-32-28(24)33-25)34(3)29(37)35(26)19-6-4-5-7-19;1-5-2(3)4/h8-14,17,19,36H,4-7,15H2,1-3H3,(H,32,33);1H3,(H2,3,4). The molecule has 0 aliphatic heterocycles. The number of primary amides is 1. The molecule has 5 aromatic rings. The molecule has 1 aliphatic rings. The normalized spacial score (nSPS) is 14.1. The van der Waals surface area contributed by atoms with Crippen LogP contribution in [0.15, 0.2) is 47.5 Å². The molecule has 12 heteroatoms. The zero-order chi connectivity index (χ0) is 30.8. The Bertz CT molecular complexity index is 1830. The number of pyridine rings is 2. The number of H-pyrrole nitrogens is 1. The van der Waals surface area contributed by atoms with E-state index in [4.69, 9.17) is 4.74 Å². The van der Waals surface area contributed by atoms with Crippen LogP contribution in [0.3, 0.4) is 0 Å². The summed E-state index contributed by atoms with van der Waals surface area (Å²) in [6.07, 6.45) is 5.94. The third-order valence-electron chi connectivity index (χ3n) is 7.64. The number of amides is 1. The minimum atomic E-state index is -0.745. The van der Waals surface area contributed by atoms with Crippen molar-refractivity contribution in [2.45, 2.75) is 51.7 Å². The summed E-state index contributed by atoms with van der Waals surface area (Å²) in [6.45, 7) is 3.72. The Morgan fingerprint density at radius 3 is 2.51 bits per heavy atom. The van der Waals surface area contributed by atoms with Crippen molar-refractivity contribution in [2.24, 2.45) is 12.8 Å². The van der Waals surface area contributed by atoms with Crippen LogP contribution in [0, 0.1) is 12.9 Å². The number of aromatic amines is 1. The summed E-state index contributed by atoms with van der Waals surface area (Å²) in [6, 6.07) is 9.34. The Labute approximate surface area is 247 Å². The van der Waals surface area contributed by atoms with Crippen LogP contribution in [0.25, 0.3) is 44.5 Å². The third kappa shape index (κ3) is 5.82. The number of carbonyl (C=O) groups is 1. The number of nitrogens with zero attached hydrogens (tertiary/aromatic N) is 4. The third-order valence-corrected chi connectivity index (χ3v) is 7.64. The molecule has 4 N–H and O–H groups in total. The molecule has 1 atom stereocenters. The summed E-state index contributed by atoms with van der Waals surface area (Å²) >= 11 is 0. The van der Waals surface area contributed by atoms with Crippen molar-refractivity contribution in [1.29, 1.82) is 0 Å². The summed E-state index contributed by atoms with van der Waals surface area (Å²) in [7, 11) is 3.00. The fourth-order valence-corrected chi connectivity index (χ4v) is 5.63. The van der Waals surface area contributed by atoms with Crippen molar-refractivity contribution in [3.05, 3.63) is 64.7 Å². The lowest BCUT2D eigenvalue weighted by Gasteiger charge is -2.13. The SMILES string of the molecule is COC(N)=O.Cc1cnc(F)c(-c2[nH]c3ncc4c(c3c2-c2ccc(OCC(C)O)cc2)n(C2CCCC2)c(=O)n4C)c1. The number of rotatable bonds is 6. The maximum absolute atomic E-state index is 15.2. The van der Waals surface area contributed by atoms with Gasteiger partial charge in [-0.2, -0.15) is 4.39 Å². The highest BCUT2D eigenvalue weighted by atomic mass is 19.1. The van der Waals surface area contributed by atoms with Crippen LogP contribution in [0.5, 0.6) is 5.75 Å². The van der Waals surface area contributed by atoms with Crippen LogP contribution < -0.4 is 16.2 Å². The number of carbonyl (C=O) groups excluding carboxylic acids is 1. The second-order valence-corrected chi connectivity index (χ2v) is 10.8. The predicted molar refractivity (Wildman–Crippen MR) is 161 cm³/mol. The fraction of sp³-hybridized carbons (Fsp3) is 0.355. The Hall–Kier alpha value is -4.71. The minimum absolute atomic E-state index is 0.0693. The number of fused-ring (bicyclic) bond motifs is 3. The van der Waals surface area contributed by atoms with Crippen LogP contribution in [0.4, 0.5) is 9.18 Å². The van der Waals surface area contributed by atoms with E-state index in [2.05, 4.69) is 25.4 Å². The number of aromatic nitrogens is 5. The molecule has 4 aromatic heterocycles. The molecule has 0 saturated heterocycles. The van der Waals surface area contributed by atoms with E-state index >= 15 is 4.39 Å². The number of benzene rings is 1. The van der Waals surface area contributed by atoms with Crippen molar-refractivity contribution in [1.82, 2.24) is 24.1 Å². The lowest BCUT2D eigenvalue weighted by Crippen LogP contribution is -2.24. The monoisotopic (exact) mass is 590 g/mol. The number of hydrogen-bond donors (Lipinski definition) is 3. The van der Waals surface area contributed by atoms with Gasteiger partial charge in [0, 0.05) is 24.8 Å². The Balaban J connectivity index is 0.000000682. The molecule has 11 nitrogen and oxygen atoms in total. The van der Waals surface area contributed by atoms with Gasteiger partial charge in [0.25, 0.3) is 0 Å². The molecular weight excluding hydrogens is 555 g/mol. The molecule has 1 amide bonds. The second kappa shape index (κ2) is 12.3. The van der Waals surface area contributed by atoms with Gasteiger partial charge in [-0.3, -0.25) is 9.13 Å². The van der Waals surface area contributed by atoms with Crippen molar-refractivity contribution in [3.8, 4) is 28.1 Å². The number of imidazole rings is 1. The van der Waals surface area contributed by atoms with E-state index in [1.54, 1.807) is 30.8 Å². The number of methoxy groups -OCH3 is 1. The molecule has 0 spiro atoms. The number of halogens is 1. The van der Waals surface area contributed by atoms with Crippen LogP contribution in [-0.2, 0) is 11.8 Å². The number of hydrogen-bond acceptors (Lipinski definition) is 7. The molecule has 226 valence electrons. The molecule has 1 unspecified atom stereocenters. The van der Waals surface area contributed by atoms with Crippen LogP contribution in [0.2, 0.25) is 0 Å². The fourth-order valence-electron chi connectivity index (χ4n) is 5.63. The summed E-state index contributed by atoms with van der Waals surface area (Å²) in [5.74, 6) is 0.0306. The molecule has 4 heterocycles. The van der Waals surface area contributed by atoms with Gasteiger partial charge in [-0.15, -0.1) is 0 Å². The van der Waals surface area contributed by atoms with Gasteiger partial charge in [-0.1, -0.05) is 25.0 Å². The first-order valence-electron chi connectivity index (χ1n) is 14.1. The number of ether oxygens (including phenoxy) is 2. The van der Waals surface area contributed by atoms with Gasteiger partial charge >= 0.3 is 11.8 Å². The van der Waals surface area contributed by atoms with E-state index in [9.17, 15) is 14.7 Å². The van der Waals surface area contributed by atoms with Gasteiger partial charge < -0.3 is 25.3 Å². The molecule has 43 heavy (non-hydrogen) atoms. The maximum Gasteiger partial charge on any atom is 0.404 e. The minimum Gasteiger partial charge on any atom is -0.491 e. The first-order valence-corrected chi connectivity index (χ1v) is 14.1. The molecule has 0 bridgehead atoms. The summed E-state index contributed by atoms with van der Waals surface area (Å²) < 4.78 is 28.3. The van der Waals surface area contributed by atoms with Gasteiger partial charge in [0.15, 0.2) is 0 Å². The van der Waals surface area contributed by atoms with E-state index in [1.807, 2.05) is 35.8 Å². The van der Waals surface area contributed by atoms with Crippen molar-refractivity contribution in [2.75, 3.05) is 13.7 Å². The van der Waals surface area contributed by atoms with Crippen LogP contribution in [-0.4, -0.2) is 55.1 Å². The average Bonchev–Trinajstić information content (AvgIpc) is 3.71. The highest BCUT2D eigenvalue weighted by Crippen LogP contribution is 2.43. The first kappa shape index (κ1) is 29.8. The average molecular weight is 591 g/mol. The van der Waals surface area contributed by atoms with Crippen molar-refractivity contribution in [3.63, 3.8) is 0 Å². The zero-order valence-corrected chi connectivity index (χ0v) is 24.6. The Morgan fingerprint density at radius 1 is 1.21 bits per heavy atom. The quantitative estimate of drug-likeness (QED) is 0.236. The Kier molecular flexibility index (Phi) is 8.49. The van der Waals surface area contributed by atoms with Crippen molar-refractivity contribution >= 4 is 28.2 Å². The lowest BCUT2D eigenvalue weighted by molar-refractivity contribution is 0.123. The van der Waals surface area contributed by atoms with Crippen LogP contribution >= 0.6 is 0 Å². The molecule has 6 rings (SSSR count). The topological polar surface area (TPSA) is 150 Å². The van der Waals surface area contributed by atoms with E-state index in [1.165, 1.54) is 13.3 Å². The maximum atomic E-state index is 15.2. The zero-order valence-electron chi connectivity index (χ0n) is 24.6. The number of aryl methyl sites for hydroxylation is 2. The van der Waals surface area contributed by atoms with Gasteiger partial charge in [0.2, 0.25) is 5.95 Å². The molecule has 1 aromatic carbocycles. The van der Waals surface area contributed by atoms with E-state index in [-0.39, 0.29) is 18.3 Å². The van der Waals surface area contributed by atoms with Crippen molar-refractivity contribution < 1.29 is 23.8 Å². The molecular formula is C31H35FN6O5. The molecule has 1 fully saturated rings. The summed E-state index contributed by atoms with van der Waals surface area (Å²) in [5, 5.41) is 10.4. The second-order valence-electron chi connectivity index (χ2n) is 10.8. The summed E-state index contributed by atoms with van der Waals surface area (Å²) in [4.78, 5) is 34.9. The van der Waals surface area contributed by atoms with E-state index in [0.29, 0.717) is 22.7 Å². The number of nitrogens with two attached hydrogens (primary N) is 1. The molecule has 1 aliphatic carbocycles. The van der Waals surface area contributed by atoms with E-state index in [0.717, 1.165) is 58.8 Å². The predicted octanol–water partition coefficient (Wildman–Crippen LogP) is 4.98. The molecule has 1 saturated carbocycles.